The van der Waals surface area contributed by atoms with Gasteiger partial charge in [-0.05, 0) is 91.0 Å². The van der Waals surface area contributed by atoms with E-state index in [0.29, 0.717) is 0 Å². The molecule has 0 atom stereocenters. The fourth-order valence-corrected chi connectivity index (χ4v) is 17.0. The fraction of sp³-hybridized carbons (Fsp3) is 0. The molecule has 4 nitrogen and oxygen atoms in total. The zero-order valence-corrected chi connectivity index (χ0v) is 60.5. The molecule has 0 saturated carbocycles. The SMILES string of the molecule is [Br][Ag].[Br][Ag].[Br][Ag].[Br][Ag].c1ccc(P(c2ccccc2)c2ccccn2)cc1.c1ccc(P(c2ccccc2)c2ccccn2)cc1.c1ccc(P(c2ccccc2)c2ccccn2)cc1.c1ccc(P(c2ccccc2)c2ccccn2)cc1. The molecular weight excluding hydrogens is 1750 g/mol. The van der Waals surface area contributed by atoms with Gasteiger partial charge in [0.15, 0.2) is 0 Å². The average molecular weight is 1800 g/mol. The number of hydrogen-bond donors (Lipinski definition) is 0. The van der Waals surface area contributed by atoms with Gasteiger partial charge in [0, 0.05) is 56.5 Å². The Morgan fingerprint density at radius 3 is 0.393 bits per heavy atom. The molecule has 8 aromatic carbocycles. The number of nitrogens with zero attached hydrogens (tertiary/aromatic N) is 4. The third-order valence-corrected chi connectivity index (χ3v) is 21.0. The summed E-state index contributed by atoms with van der Waals surface area (Å²) in [5.74, 6) is 0. The van der Waals surface area contributed by atoms with E-state index in [1.165, 1.54) is 42.4 Å². The molecule has 0 unspecified atom stereocenters. The van der Waals surface area contributed by atoms with Crippen molar-refractivity contribution in [2.45, 2.75) is 0 Å². The van der Waals surface area contributed by atoms with Crippen LogP contribution in [0, 0.1) is 0 Å². The van der Waals surface area contributed by atoms with E-state index in [0.717, 1.165) is 21.7 Å². The van der Waals surface area contributed by atoms with Gasteiger partial charge in [0.2, 0.25) is 0 Å². The first-order chi connectivity index (χ1) is 41.8. The van der Waals surface area contributed by atoms with Crippen molar-refractivity contribution in [3.8, 4) is 0 Å². The molecule has 12 aromatic rings. The Bertz CT molecular complexity index is 2640. The second-order valence-electron chi connectivity index (χ2n) is 16.8. The first-order valence-electron chi connectivity index (χ1n) is 25.5. The summed E-state index contributed by atoms with van der Waals surface area (Å²) in [5, 5.41) is 10.7. The molecule has 0 saturated heterocycles. The molecule has 0 aliphatic heterocycles. The maximum Gasteiger partial charge on any atom is 0.0720 e. The fourth-order valence-electron chi connectivity index (χ4n) is 8.22. The van der Waals surface area contributed by atoms with E-state index in [1.807, 2.05) is 49.1 Å². The van der Waals surface area contributed by atoms with Crippen molar-refractivity contribution in [3.63, 3.8) is 0 Å². The minimum Gasteiger partial charge on any atom is -0.256 e. The van der Waals surface area contributed by atoms with E-state index >= 15 is 0 Å². The number of pyridine rings is 4. The number of halogens is 4. The van der Waals surface area contributed by atoms with Crippen LogP contribution in [0.1, 0.15) is 0 Å². The van der Waals surface area contributed by atoms with Gasteiger partial charge in [0.05, 0.1) is 21.7 Å². The predicted octanol–water partition coefficient (Wildman–Crippen LogP) is 14.7. The number of hydrogen-bond acceptors (Lipinski definition) is 4. The largest absolute Gasteiger partial charge is 0.256 e. The summed E-state index contributed by atoms with van der Waals surface area (Å²) in [6, 6.07) is 110. The Labute approximate surface area is 576 Å². The third kappa shape index (κ3) is 24.2. The molecule has 0 radical (unpaired) electrons. The molecule has 0 bridgehead atoms. The molecule has 16 heteroatoms. The second kappa shape index (κ2) is 45.3. The van der Waals surface area contributed by atoms with Crippen molar-refractivity contribution >= 4 is 148 Å². The first kappa shape index (κ1) is 71.7. The van der Waals surface area contributed by atoms with Gasteiger partial charge in [0.1, 0.15) is 0 Å². The van der Waals surface area contributed by atoms with Gasteiger partial charge in [-0.25, -0.2) is 0 Å². The number of aromatic nitrogens is 4. The normalized spacial score (nSPS) is 9.90. The van der Waals surface area contributed by atoms with Crippen LogP contribution in [0.15, 0.2) is 340 Å². The monoisotopic (exact) mass is 1800 g/mol. The van der Waals surface area contributed by atoms with E-state index in [-0.39, 0.29) is 0 Å². The van der Waals surface area contributed by atoms with E-state index in [4.69, 9.17) is 0 Å². The maximum atomic E-state index is 4.56. The van der Waals surface area contributed by atoms with Crippen LogP contribution in [0.2, 0.25) is 0 Å². The van der Waals surface area contributed by atoms with Crippen LogP contribution in [0.25, 0.3) is 0 Å². The molecule has 12 rings (SSSR count). The number of rotatable bonds is 12. The van der Waals surface area contributed by atoms with Gasteiger partial charge in [-0.1, -0.05) is 267 Å². The molecule has 84 heavy (non-hydrogen) atoms. The van der Waals surface area contributed by atoms with E-state index in [1.54, 1.807) is 0 Å². The van der Waals surface area contributed by atoms with Crippen LogP contribution >= 0.6 is 83.8 Å². The van der Waals surface area contributed by atoms with Gasteiger partial charge in [0.25, 0.3) is 0 Å². The average Bonchev–Trinajstić information content (AvgIpc) is 3.65. The Morgan fingerprint density at radius 1 is 0.167 bits per heavy atom. The van der Waals surface area contributed by atoms with Crippen molar-refractivity contribution in [2.24, 2.45) is 0 Å². The molecular formula is C68H56Ag4Br4N4P4. The maximum absolute atomic E-state index is 4.56. The van der Waals surface area contributed by atoms with E-state index in [2.05, 4.69) is 439 Å². The minimum absolute atomic E-state index is 0.557. The van der Waals surface area contributed by atoms with Crippen LogP contribution in [0.4, 0.5) is 0 Å². The summed E-state index contributed by atoms with van der Waals surface area (Å²) in [7, 11) is -2.23. The van der Waals surface area contributed by atoms with Crippen LogP contribution in [0.5, 0.6) is 0 Å². The van der Waals surface area contributed by atoms with Crippen molar-refractivity contribution in [1.29, 1.82) is 0 Å². The summed E-state index contributed by atoms with van der Waals surface area (Å²) in [5.41, 5.74) is 4.59. The Hall–Kier alpha value is -3.04. The second-order valence-corrected chi connectivity index (χ2v) is 25.4. The van der Waals surface area contributed by atoms with Gasteiger partial charge >= 0.3 is 128 Å². The molecule has 0 N–H and O–H groups in total. The van der Waals surface area contributed by atoms with E-state index < -0.39 is 31.7 Å². The quantitative estimate of drug-likeness (QED) is 0.0903. The van der Waals surface area contributed by atoms with Crippen molar-refractivity contribution < 1.29 is 75.7 Å². The first-order valence-corrected chi connectivity index (χ1v) is 44.4. The van der Waals surface area contributed by atoms with Gasteiger partial charge in [-0.3, -0.25) is 19.9 Å². The predicted molar refractivity (Wildman–Crippen MR) is 367 cm³/mol. The molecule has 0 spiro atoms. The molecule has 0 fully saturated rings. The topological polar surface area (TPSA) is 51.6 Å². The zero-order chi connectivity index (χ0) is 59.7. The van der Waals surface area contributed by atoms with Crippen molar-refractivity contribution in [1.82, 2.24) is 19.9 Å². The molecule has 4 heterocycles. The molecule has 0 amide bonds. The Kier molecular flexibility index (Phi) is 38.6. The molecule has 0 aliphatic carbocycles. The van der Waals surface area contributed by atoms with Crippen LogP contribution < -0.4 is 64.2 Å². The van der Waals surface area contributed by atoms with Gasteiger partial charge < -0.3 is 0 Å². The summed E-state index contributed by atoms with van der Waals surface area (Å²) in [4.78, 5) is 18.2. The standard InChI is InChI=1S/4C17H14NP.4Ag.4BrH/c4*1-3-9-15(10-4-1)19(16-11-5-2-6-12-16)17-13-7-8-14-18-17;;;;;;;;/h4*1-14H;;;;;4*1H/q;;;;4*+1;;;;/p-4. The molecule has 4 aromatic heterocycles. The smallest absolute Gasteiger partial charge is 0.0720 e. The van der Waals surface area contributed by atoms with Crippen LogP contribution in [0.3, 0.4) is 0 Å². The summed E-state index contributed by atoms with van der Waals surface area (Å²) < 4.78 is 0. The Balaban J connectivity index is 0.000000197. The summed E-state index contributed by atoms with van der Waals surface area (Å²) in [6.45, 7) is 0. The Morgan fingerprint density at radius 2 is 0.286 bits per heavy atom. The summed E-state index contributed by atoms with van der Waals surface area (Å²) in [6.07, 6.45) is 7.49. The van der Waals surface area contributed by atoms with E-state index in [9.17, 15) is 0 Å². The molecule has 0 aliphatic rings. The minimum atomic E-state index is -0.557. The zero-order valence-electron chi connectivity index (χ0n) is 44.6. The third-order valence-electron chi connectivity index (χ3n) is 11.6. The van der Waals surface area contributed by atoms with Crippen molar-refractivity contribution in [2.75, 3.05) is 0 Å². The number of benzene rings is 8. The molecule has 440 valence electrons. The van der Waals surface area contributed by atoms with Gasteiger partial charge in [-0.15, -0.1) is 0 Å². The van der Waals surface area contributed by atoms with Crippen LogP contribution in [-0.2, 0) is 75.7 Å². The van der Waals surface area contributed by atoms with Crippen LogP contribution in [-0.4, -0.2) is 19.9 Å². The summed E-state index contributed by atoms with van der Waals surface area (Å²) >= 11 is 22.0. The van der Waals surface area contributed by atoms with Gasteiger partial charge in [-0.2, -0.15) is 0 Å². The van der Waals surface area contributed by atoms with Crippen molar-refractivity contribution in [3.05, 3.63) is 340 Å².